The van der Waals surface area contributed by atoms with Gasteiger partial charge in [0.05, 0.1) is 17.5 Å². The molecule has 48 heavy (non-hydrogen) atoms. The molecule has 1 aromatic carbocycles. The molecule has 1 aliphatic rings. The van der Waals surface area contributed by atoms with Gasteiger partial charge < -0.3 is 31.5 Å². The summed E-state index contributed by atoms with van der Waals surface area (Å²) in [7, 11) is -13.6. The third-order valence-electron chi connectivity index (χ3n) is 5.86. The first-order valence-electron chi connectivity index (χ1n) is 12.8. The van der Waals surface area contributed by atoms with Gasteiger partial charge in [-0.3, -0.25) is 32.1 Å². The molecule has 0 spiro atoms. The average Bonchev–Trinajstić information content (AvgIpc) is 3.47. The minimum absolute atomic E-state index is 0.0666. The maximum atomic E-state index is 10.8. The van der Waals surface area contributed by atoms with Crippen LogP contribution in [-0.4, -0.2) is 131 Å². The molecule has 1 fully saturated rings. The summed E-state index contributed by atoms with van der Waals surface area (Å²) in [4.78, 5) is 22.9. The zero-order valence-corrected chi connectivity index (χ0v) is 28.2. The quantitative estimate of drug-likeness (QED) is 0.0876. The normalized spacial score (nSPS) is 20.6. The van der Waals surface area contributed by atoms with Crippen LogP contribution in [-0.2, 0) is 51.3 Å². The van der Waals surface area contributed by atoms with Gasteiger partial charge in [-0.15, -0.1) is 0 Å². The highest BCUT2D eigenvalue weighted by molar-refractivity contribution is 7.96. The highest BCUT2D eigenvalue weighted by Gasteiger charge is 2.46. The fourth-order valence-electron chi connectivity index (χ4n) is 3.68. The van der Waals surface area contributed by atoms with Crippen LogP contribution in [0.1, 0.15) is 18.2 Å². The van der Waals surface area contributed by atoms with Crippen molar-refractivity contribution in [2.75, 3.05) is 23.5 Å². The van der Waals surface area contributed by atoms with Crippen LogP contribution in [0.25, 0.3) is 11.2 Å². The first-order chi connectivity index (χ1) is 21.8. The van der Waals surface area contributed by atoms with Gasteiger partial charge in [-0.05, 0) is 30.0 Å². The molecule has 3 aromatic rings. The number of carboxylic acids is 1. The largest absolute Gasteiger partial charge is 0.480 e. The van der Waals surface area contributed by atoms with E-state index in [1.807, 2.05) is 13.2 Å². The van der Waals surface area contributed by atoms with E-state index >= 15 is 0 Å². The summed E-state index contributed by atoms with van der Waals surface area (Å²) in [6.45, 7) is 1.84. The SMILES string of the molecule is C[S+](CC[C@H](N)C(=O)O)C[C@H]1O[C@@H](n2cnc3c(N)ncnc32)[C@H](O)[C@@H]1O.Cc1ccc(S(=O)(=O)O)cc1.O=S(=O)(O)O.O=S(=O)(O)O. The van der Waals surface area contributed by atoms with E-state index < -0.39 is 67.5 Å². The van der Waals surface area contributed by atoms with Crippen LogP contribution < -0.4 is 11.5 Å². The average molecular weight is 768 g/mol. The molecule has 4 rings (SSSR count). The molecular weight excluding hydrogens is 733 g/mol. The summed E-state index contributed by atoms with van der Waals surface area (Å²) in [5.41, 5.74) is 13.1. The van der Waals surface area contributed by atoms with E-state index in [9.17, 15) is 23.4 Å². The van der Waals surface area contributed by atoms with Crippen LogP contribution in [0.3, 0.4) is 0 Å². The Balaban J connectivity index is 0.000000447. The third kappa shape index (κ3) is 15.9. The van der Waals surface area contributed by atoms with Crippen LogP contribution in [0.5, 0.6) is 0 Å². The number of carboxylic acid groups (broad SMARTS) is 1. The molecule has 1 aliphatic heterocycles. The lowest BCUT2D eigenvalue weighted by Gasteiger charge is -2.16. The molecule has 3 heterocycles. The molecule has 272 valence electrons. The first-order valence-corrected chi connectivity index (χ1v) is 19.0. The number of nitrogens with zero attached hydrogens (tertiary/aromatic N) is 4. The van der Waals surface area contributed by atoms with Crippen molar-refractivity contribution in [3.8, 4) is 0 Å². The Hall–Kier alpha value is -3.12. The second-order valence-electron chi connectivity index (χ2n) is 9.70. The fraction of sp³-hybridized carbons (Fsp3) is 0.455. The number of carbonyl (C=O) groups is 1. The predicted octanol–water partition coefficient (Wildman–Crippen LogP) is -1.99. The lowest BCUT2D eigenvalue weighted by molar-refractivity contribution is -0.138. The van der Waals surface area contributed by atoms with Crippen molar-refractivity contribution in [3.63, 3.8) is 0 Å². The van der Waals surface area contributed by atoms with Gasteiger partial charge in [0.2, 0.25) is 0 Å². The number of fused-ring (bicyclic) bond motifs is 1. The Bertz CT molecular complexity index is 1780. The molecule has 12 N–H and O–H groups in total. The fourth-order valence-corrected chi connectivity index (χ4v) is 5.82. The highest BCUT2D eigenvalue weighted by atomic mass is 32.3. The van der Waals surface area contributed by atoms with E-state index in [4.69, 9.17) is 60.9 Å². The summed E-state index contributed by atoms with van der Waals surface area (Å²) in [6, 6.07) is 5.08. The first kappa shape index (κ1) is 42.9. The van der Waals surface area contributed by atoms with E-state index in [2.05, 4.69) is 15.0 Å². The van der Waals surface area contributed by atoms with Crippen LogP contribution in [0.4, 0.5) is 5.82 Å². The Labute approximate surface area is 277 Å². The molecule has 6 atom stereocenters. The van der Waals surface area contributed by atoms with E-state index in [0.29, 0.717) is 29.1 Å². The zero-order valence-electron chi connectivity index (χ0n) is 24.9. The number of imidazole rings is 1. The summed E-state index contributed by atoms with van der Waals surface area (Å²) in [5.74, 6) is 0.254. The molecule has 0 aliphatic carbocycles. The number of aryl methyl sites for hydroxylation is 1. The number of aromatic nitrogens is 4. The van der Waals surface area contributed by atoms with Crippen molar-refractivity contribution in [1.29, 1.82) is 0 Å². The molecule has 2 aromatic heterocycles. The second kappa shape index (κ2) is 18.0. The van der Waals surface area contributed by atoms with E-state index in [1.165, 1.54) is 29.4 Å². The Morgan fingerprint density at radius 1 is 0.958 bits per heavy atom. The van der Waals surface area contributed by atoms with Gasteiger partial charge in [0, 0.05) is 6.42 Å². The predicted molar refractivity (Wildman–Crippen MR) is 168 cm³/mol. The minimum atomic E-state index is -4.67. The smallest absolute Gasteiger partial charge is 0.394 e. The molecule has 26 heteroatoms. The molecular formula is C22H35N6O16S4+. The molecule has 1 saturated heterocycles. The Morgan fingerprint density at radius 2 is 1.48 bits per heavy atom. The van der Waals surface area contributed by atoms with Crippen molar-refractivity contribution < 1.29 is 72.9 Å². The number of aliphatic hydroxyl groups is 2. The maximum absolute atomic E-state index is 10.8. The lowest BCUT2D eigenvalue weighted by Crippen LogP contribution is -2.37. The van der Waals surface area contributed by atoms with Gasteiger partial charge in [-0.2, -0.15) is 25.3 Å². The molecule has 0 saturated carbocycles. The number of nitrogen functional groups attached to an aromatic ring is 1. The van der Waals surface area contributed by atoms with Crippen molar-refractivity contribution in [3.05, 3.63) is 42.5 Å². The minimum Gasteiger partial charge on any atom is -0.480 e. The van der Waals surface area contributed by atoms with Crippen LogP contribution in [0.2, 0.25) is 0 Å². The summed E-state index contributed by atoms with van der Waals surface area (Å²) in [6.07, 6.45) is 1.31. The standard InChI is InChI=1S/C15H22N6O5S.C7H8O3S.2H2O4S/c1-27(3-2-7(16)15(24)25)4-8-10(22)11(23)14(26-8)21-6-20-9-12(17)18-5-19-13(9)21;1-6-2-4-7(5-3-6)11(8,9)10;2*1-5(2,3)4/h5-8,10-11,14,22-23H,2-4,16H2,1H3,(H2-,17,18,19,24,25);2-5H,1H3,(H,8,9,10);2*(H2,1,2,3,4)/p+1/t7-,8+,10+,11+,14+,27?;;;/m0.../s1. The number of rotatable bonds is 8. The molecule has 22 nitrogen and oxygen atoms in total. The highest BCUT2D eigenvalue weighted by Crippen LogP contribution is 2.32. The van der Waals surface area contributed by atoms with E-state index in [-0.39, 0.29) is 21.6 Å². The van der Waals surface area contributed by atoms with Crippen LogP contribution in [0, 0.1) is 6.92 Å². The number of aliphatic hydroxyl groups excluding tert-OH is 2. The zero-order chi connectivity index (χ0) is 37.2. The van der Waals surface area contributed by atoms with Crippen molar-refractivity contribution in [2.45, 2.75) is 48.8 Å². The van der Waals surface area contributed by atoms with Gasteiger partial charge in [0.25, 0.3) is 10.1 Å². The second-order valence-corrected chi connectivity index (χ2v) is 15.2. The van der Waals surface area contributed by atoms with E-state index in [0.717, 1.165) is 5.56 Å². The molecule has 0 bridgehead atoms. The summed E-state index contributed by atoms with van der Waals surface area (Å²) < 4.78 is 100. The van der Waals surface area contributed by atoms with Crippen molar-refractivity contribution >= 4 is 64.8 Å². The van der Waals surface area contributed by atoms with Crippen molar-refractivity contribution in [2.24, 2.45) is 5.73 Å². The number of nitrogens with two attached hydrogens (primary N) is 2. The molecule has 1 unspecified atom stereocenters. The van der Waals surface area contributed by atoms with Gasteiger partial charge in [0.15, 0.2) is 17.7 Å². The number of benzene rings is 1. The molecule has 0 amide bonds. The molecule has 0 radical (unpaired) electrons. The lowest BCUT2D eigenvalue weighted by atomic mass is 10.1. The van der Waals surface area contributed by atoms with Crippen molar-refractivity contribution in [1.82, 2.24) is 19.5 Å². The van der Waals surface area contributed by atoms with Crippen LogP contribution in [0.15, 0.2) is 41.8 Å². The number of ether oxygens (including phenoxy) is 1. The van der Waals surface area contributed by atoms with Gasteiger partial charge in [-0.25, -0.2) is 15.0 Å². The third-order valence-corrected chi connectivity index (χ3v) is 8.56. The number of hydrogen-bond acceptors (Lipinski definition) is 15. The summed E-state index contributed by atoms with van der Waals surface area (Å²) in [5, 5.41) is 29.7. The van der Waals surface area contributed by atoms with Crippen LogP contribution >= 0.6 is 0 Å². The van der Waals surface area contributed by atoms with Gasteiger partial charge >= 0.3 is 26.8 Å². The topological polar surface area (TPSA) is 386 Å². The number of anilines is 1. The van der Waals surface area contributed by atoms with E-state index in [1.54, 1.807) is 12.1 Å². The number of aliphatic carboxylic acids is 1. The summed E-state index contributed by atoms with van der Waals surface area (Å²) >= 11 is 0. The monoisotopic (exact) mass is 767 g/mol. The number of hydrogen-bond donors (Lipinski definition) is 10. The van der Waals surface area contributed by atoms with Gasteiger partial charge in [0.1, 0.15) is 47.7 Å². The Kier molecular flexibility index (Phi) is 16.1. The Morgan fingerprint density at radius 3 is 1.96 bits per heavy atom. The maximum Gasteiger partial charge on any atom is 0.394 e. The van der Waals surface area contributed by atoms with Gasteiger partial charge in [-0.1, -0.05) is 17.7 Å².